The van der Waals surface area contributed by atoms with Gasteiger partial charge in [-0.25, -0.2) is 0 Å². The zero-order valence-corrected chi connectivity index (χ0v) is 9.45. The second-order valence-electron chi connectivity index (χ2n) is 4.57. The Morgan fingerprint density at radius 1 is 1.20 bits per heavy atom. The molecule has 0 saturated heterocycles. The van der Waals surface area contributed by atoms with E-state index in [-0.39, 0.29) is 0 Å². The van der Waals surface area contributed by atoms with Gasteiger partial charge in [-0.15, -0.1) is 0 Å². The van der Waals surface area contributed by atoms with Crippen LogP contribution in [0.3, 0.4) is 0 Å². The van der Waals surface area contributed by atoms with Gasteiger partial charge in [0.1, 0.15) is 0 Å². The molecule has 0 amide bonds. The molecule has 2 heteroatoms. The topological polar surface area (TPSA) is 24.9 Å². The predicted molar refractivity (Wildman–Crippen MR) is 62.7 cm³/mol. The summed E-state index contributed by atoms with van der Waals surface area (Å²) in [5, 5.41) is 3.38. The fraction of sp³-hybridized carbons (Fsp3) is 0.615. The fourth-order valence-corrected chi connectivity index (χ4v) is 2.51. The summed E-state index contributed by atoms with van der Waals surface area (Å²) in [6.07, 6.45) is 10.4. The summed E-state index contributed by atoms with van der Waals surface area (Å²) in [7, 11) is 2.08. The van der Waals surface area contributed by atoms with Crippen molar-refractivity contribution in [3.8, 4) is 0 Å². The molecule has 1 N–H and O–H groups in total. The first-order chi connectivity index (χ1) is 7.38. The Kier molecular flexibility index (Phi) is 3.73. The van der Waals surface area contributed by atoms with Gasteiger partial charge in [0, 0.05) is 18.4 Å². The summed E-state index contributed by atoms with van der Waals surface area (Å²) in [5.41, 5.74) is 1.44. The third-order valence-corrected chi connectivity index (χ3v) is 3.53. The fourth-order valence-electron chi connectivity index (χ4n) is 2.51. The van der Waals surface area contributed by atoms with Crippen molar-refractivity contribution < 1.29 is 0 Å². The molecule has 1 saturated carbocycles. The van der Waals surface area contributed by atoms with E-state index in [1.165, 1.54) is 37.7 Å². The molecule has 0 aromatic carbocycles. The molecular weight excluding hydrogens is 184 g/mol. The lowest BCUT2D eigenvalue weighted by Gasteiger charge is -2.28. The van der Waals surface area contributed by atoms with Crippen molar-refractivity contribution in [2.75, 3.05) is 7.05 Å². The lowest BCUT2D eigenvalue weighted by Crippen LogP contribution is -2.30. The monoisotopic (exact) mass is 204 g/mol. The average Bonchev–Trinajstić information content (AvgIpc) is 2.31. The van der Waals surface area contributed by atoms with Crippen molar-refractivity contribution >= 4 is 0 Å². The quantitative estimate of drug-likeness (QED) is 0.818. The van der Waals surface area contributed by atoms with Crippen LogP contribution < -0.4 is 5.32 Å². The van der Waals surface area contributed by atoms with Crippen molar-refractivity contribution in [1.82, 2.24) is 10.3 Å². The summed E-state index contributed by atoms with van der Waals surface area (Å²) in [6.45, 7) is 0. The number of hydrogen-bond donors (Lipinski definition) is 1. The number of pyridine rings is 1. The number of nitrogens with one attached hydrogen (secondary N) is 1. The molecule has 1 heterocycles. The van der Waals surface area contributed by atoms with Crippen LogP contribution in [0.1, 0.15) is 31.2 Å². The van der Waals surface area contributed by atoms with Crippen molar-refractivity contribution in [2.45, 2.75) is 38.1 Å². The lowest BCUT2D eigenvalue weighted by molar-refractivity contribution is 0.300. The van der Waals surface area contributed by atoms with E-state index < -0.39 is 0 Å². The Bertz CT molecular complexity index is 276. The first-order valence-electron chi connectivity index (χ1n) is 5.94. The molecule has 1 aromatic rings. The summed E-state index contributed by atoms with van der Waals surface area (Å²) in [5.74, 6) is 0.886. The number of aromatic nitrogens is 1. The number of rotatable bonds is 3. The highest BCUT2D eigenvalue weighted by atomic mass is 14.9. The van der Waals surface area contributed by atoms with E-state index in [1.807, 2.05) is 12.4 Å². The SMILES string of the molecule is CNC1CCC(Cc2ccncc2)CC1. The summed E-state index contributed by atoms with van der Waals surface area (Å²) >= 11 is 0. The average molecular weight is 204 g/mol. The van der Waals surface area contributed by atoms with E-state index in [0.717, 1.165) is 12.0 Å². The third kappa shape index (κ3) is 3.03. The zero-order valence-electron chi connectivity index (χ0n) is 9.45. The van der Waals surface area contributed by atoms with Gasteiger partial charge in [-0.3, -0.25) is 4.98 Å². The van der Waals surface area contributed by atoms with Gasteiger partial charge in [0.25, 0.3) is 0 Å². The Morgan fingerprint density at radius 2 is 1.87 bits per heavy atom. The zero-order chi connectivity index (χ0) is 10.5. The van der Waals surface area contributed by atoms with Crippen LogP contribution in [0.4, 0.5) is 0 Å². The van der Waals surface area contributed by atoms with E-state index in [9.17, 15) is 0 Å². The first-order valence-corrected chi connectivity index (χ1v) is 5.94. The minimum Gasteiger partial charge on any atom is -0.317 e. The van der Waals surface area contributed by atoms with Gasteiger partial charge in [-0.05, 0) is 62.8 Å². The second kappa shape index (κ2) is 5.26. The van der Waals surface area contributed by atoms with Gasteiger partial charge in [-0.1, -0.05) is 0 Å². The maximum absolute atomic E-state index is 4.05. The van der Waals surface area contributed by atoms with Gasteiger partial charge in [0.2, 0.25) is 0 Å². The van der Waals surface area contributed by atoms with E-state index in [4.69, 9.17) is 0 Å². The summed E-state index contributed by atoms with van der Waals surface area (Å²) in [6, 6.07) is 5.05. The molecule has 0 radical (unpaired) electrons. The molecule has 1 aromatic heterocycles. The molecular formula is C13H20N2. The maximum Gasteiger partial charge on any atom is 0.0270 e. The van der Waals surface area contributed by atoms with Gasteiger partial charge < -0.3 is 5.32 Å². The molecule has 0 spiro atoms. The lowest BCUT2D eigenvalue weighted by atomic mass is 9.82. The normalized spacial score (nSPS) is 26.5. The third-order valence-electron chi connectivity index (χ3n) is 3.53. The maximum atomic E-state index is 4.05. The van der Waals surface area contributed by atoms with Crippen LogP contribution in [0.15, 0.2) is 24.5 Å². The van der Waals surface area contributed by atoms with Crippen LogP contribution in [-0.4, -0.2) is 18.1 Å². The smallest absolute Gasteiger partial charge is 0.0270 e. The van der Waals surface area contributed by atoms with E-state index in [1.54, 1.807) is 0 Å². The van der Waals surface area contributed by atoms with Gasteiger partial charge >= 0.3 is 0 Å². The van der Waals surface area contributed by atoms with Gasteiger partial charge in [0.05, 0.1) is 0 Å². The van der Waals surface area contributed by atoms with Crippen molar-refractivity contribution in [3.63, 3.8) is 0 Å². The molecule has 15 heavy (non-hydrogen) atoms. The number of hydrogen-bond acceptors (Lipinski definition) is 2. The van der Waals surface area contributed by atoms with Crippen LogP contribution >= 0.6 is 0 Å². The van der Waals surface area contributed by atoms with Crippen molar-refractivity contribution in [1.29, 1.82) is 0 Å². The van der Waals surface area contributed by atoms with E-state index >= 15 is 0 Å². The summed E-state index contributed by atoms with van der Waals surface area (Å²) < 4.78 is 0. The highest BCUT2D eigenvalue weighted by molar-refractivity contribution is 5.10. The minimum atomic E-state index is 0.763. The molecule has 0 bridgehead atoms. The molecule has 1 aliphatic carbocycles. The van der Waals surface area contributed by atoms with Gasteiger partial charge in [-0.2, -0.15) is 0 Å². The van der Waals surface area contributed by atoms with Crippen molar-refractivity contribution in [2.24, 2.45) is 5.92 Å². The standard InChI is InChI=1S/C13H20N2/c1-14-13-4-2-11(3-5-13)10-12-6-8-15-9-7-12/h6-9,11,13-14H,2-5,10H2,1H3. The van der Waals surface area contributed by atoms with E-state index in [2.05, 4.69) is 29.5 Å². The molecule has 0 aliphatic heterocycles. The Morgan fingerprint density at radius 3 is 2.47 bits per heavy atom. The largest absolute Gasteiger partial charge is 0.317 e. The molecule has 1 aliphatic rings. The van der Waals surface area contributed by atoms with Crippen LogP contribution in [0.5, 0.6) is 0 Å². The molecule has 1 fully saturated rings. The van der Waals surface area contributed by atoms with Crippen LogP contribution in [0, 0.1) is 5.92 Å². The number of nitrogens with zero attached hydrogens (tertiary/aromatic N) is 1. The Hall–Kier alpha value is -0.890. The van der Waals surface area contributed by atoms with Crippen LogP contribution in [-0.2, 0) is 6.42 Å². The van der Waals surface area contributed by atoms with E-state index in [0.29, 0.717) is 0 Å². The predicted octanol–water partition coefficient (Wildman–Crippen LogP) is 2.40. The minimum absolute atomic E-state index is 0.763. The van der Waals surface area contributed by atoms with Crippen LogP contribution in [0.2, 0.25) is 0 Å². The molecule has 0 atom stereocenters. The van der Waals surface area contributed by atoms with Gasteiger partial charge in [0.15, 0.2) is 0 Å². The molecule has 0 unspecified atom stereocenters. The Labute approximate surface area is 92.1 Å². The summed E-state index contributed by atoms with van der Waals surface area (Å²) in [4.78, 5) is 4.05. The highest BCUT2D eigenvalue weighted by Crippen LogP contribution is 2.26. The first kappa shape index (κ1) is 10.6. The molecule has 2 nitrogen and oxygen atoms in total. The molecule has 2 rings (SSSR count). The highest BCUT2D eigenvalue weighted by Gasteiger charge is 2.19. The van der Waals surface area contributed by atoms with Crippen molar-refractivity contribution in [3.05, 3.63) is 30.1 Å². The molecule has 82 valence electrons. The van der Waals surface area contributed by atoms with Crippen LogP contribution in [0.25, 0.3) is 0 Å². The second-order valence-corrected chi connectivity index (χ2v) is 4.57. The Balaban J connectivity index is 1.82.